The number of aliphatic hydroxyl groups is 4. The van der Waals surface area contributed by atoms with Crippen LogP contribution in [-0.2, 0) is 4.79 Å². The van der Waals surface area contributed by atoms with Crippen molar-refractivity contribution in [3.05, 3.63) is 0 Å². The molecule has 0 aliphatic rings. The minimum Gasteiger partial charge on any atom is -0.479 e. The maximum Gasteiger partial charge on any atom is 0.333 e. The molecular formula is C6H12O6S. The Bertz CT molecular complexity index is 175. The number of carboxylic acids is 1. The summed E-state index contributed by atoms with van der Waals surface area (Å²) in [7, 11) is 0. The van der Waals surface area contributed by atoms with Crippen LogP contribution in [0.3, 0.4) is 0 Å². The zero-order valence-corrected chi connectivity index (χ0v) is 7.50. The second-order valence-electron chi connectivity index (χ2n) is 2.51. The topological polar surface area (TPSA) is 118 Å². The normalized spacial score (nSPS) is 20.4. The quantitative estimate of drug-likeness (QED) is 0.279. The zero-order valence-electron chi connectivity index (χ0n) is 6.61. The van der Waals surface area contributed by atoms with Crippen LogP contribution in [0.5, 0.6) is 0 Å². The summed E-state index contributed by atoms with van der Waals surface area (Å²) < 4.78 is 0. The van der Waals surface area contributed by atoms with Gasteiger partial charge in [-0.1, -0.05) is 0 Å². The molecule has 0 aromatic rings. The molecule has 4 atom stereocenters. The SMILES string of the molecule is O=C(O)[C@H](O)[C@@H](S)[C@H](O)[C@H](O)CO. The Labute approximate surface area is 79.9 Å². The summed E-state index contributed by atoms with van der Waals surface area (Å²) in [5, 5.41) is 42.2. The van der Waals surface area contributed by atoms with E-state index in [1.54, 1.807) is 0 Å². The maximum absolute atomic E-state index is 10.2. The molecule has 6 nitrogen and oxygen atoms in total. The van der Waals surface area contributed by atoms with E-state index >= 15 is 0 Å². The summed E-state index contributed by atoms with van der Waals surface area (Å²) in [6.07, 6.45) is -5.00. The number of aliphatic hydroxyl groups excluding tert-OH is 4. The summed E-state index contributed by atoms with van der Waals surface area (Å²) in [5.74, 6) is -1.55. The van der Waals surface area contributed by atoms with Gasteiger partial charge in [0.05, 0.1) is 18.0 Å². The molecule has 0 aliphatic heterocycles. The van der Waals surface area contributed by atoms with Gasteiger partial charge in [0.15, 0.2) is 6.10 Å². The van der Waals surface area contributed by atoms with E-state index in [1.165, 1.54) is 0 Å². The van der Waals surface area contributed by atoms with E-state index in [-0.39, 0.29) is 0 Å². The van der Waals surface area contributed by atoms with Gasteiger partial charge in [-0.15, -0.1) is 0 Å². The van der Waals surface area contributed by atoms with Gasteiger partial charge in [-0.05, 0) is 0 Å². The highest BCUT2D eigenvalue weighted by molar-refractivity contribution is 7.81. The summed E-state index contributed by atoms with van der Waals surface area (Å²) in [6.45, 7) is -0.732. The fourth-order valence-corrected chi connectivity index (χ4v) is 0.995. The molecule has 7 heteroatoms. The lowest BCUT2D eigenvalue weighted by atomic mass is 10.1. The highest BCUT2D eigenvalue weighted by atomic mass is 32.1. The number of carboxylic acid groups (broad SMARTS) is 1. The molecule has 78 valence electrons. The first-order valence-electron chi connectivity index (χ1n) is 3.47. The predicted molar refractivity (Wildman–Crippen MR) is 45.5 cm³/mol. The maximum atomic E-state index is 10.2. The fourth-order valence-electron chi connectivity index (χ4n) is 0.668. The lowest BCUT2D eigenvalue weighted by molar-refractivity contribution is -0.148. The number of rotatable bonds is 5. The first-order chi connectivity index (χ1) is 5.91. The van der Waals surface area contributed by atoms with Crippen molar-refractivity contribution < 1.29 is 30.3 Å². The van der Waals surface area contributed by atoms with Crippen molar-refractivity contribution in [1.82, 2.24) is 0 Å². The van der Waals surface area contributed by atoms with Crippen molar-refractivity contribution in [1.29, 1.82) is 0 Å². The van der Waals surface area contributed by atoms with Crippen molar-refractivity contribution >= 4 is 18.6 Å². The van der Waals surface area contributed by atoms with E-state index in [1.807, 2.05) is 0 Å². The molecule has 0 amide bonds. The van der Waals surface area contributed by atoms with Gasteiger partial charge in [0.25, 0.3) is 0 Å². The van der Waals surface area contributed by atoms with E-state index in [9.17, 15) is 4.79 Å². The molecule has 0 rings (SSSR count). The number of aliphatic carboxylic acids is 1. The Kier molecular flexibility index (Phi) is 5.26. The third kappa shape index (κ3) is 3.49. The standard InChI is InChI=1S/C6H12O6S/c7-1-2(8)3(9)5(13)4(10)6(11)12/h2-5,7-10,13H,1H2,(H,11,12)/t2-,3-,4-,5+/m1/s1. The van der Waals surface area contributed by atoms with Crippen LogP contribution in [0.15, 0.2) is 0 Å². The Morgan fingerprint density at radius 1 is 1.31 bits per heavy atom. The van der Waals surface area contributed by atoms with Gasteiger partial charge in [-0.25, -0.2) is 4.79 Å². The Morgan fingerprint density at radius 2 is 1.77 bits per heavy atom. The van der Waals surface area contributed by atoms with E-state index in [0.29, 0.717) is 0 Å². The molecule has 5 N–H and O–H groups in total. The lowest BCUT2D eigenvalue weighted by Crippen LogP contribution is -2.45. The Morgan fingerprint density at radius 3 is 2.08 bits per heavy atom. The molecule has 0 radical (unpaired) electrons. The van der Waals surface area contributed by atoms with E-state index in [4.69, 9.17) is 25.5 Å². The molecule has 0 unspecified atom stereocenters. The van der Waals surface area contributed by atoms with Crippen molar-refractivity contribution in [3.8, 4) is 0 Å². The number of carbonyl (C=O) groups is 1. The van der Waals surface area contributed by atoms with Crippen molar-refractivity contribution in [2.45, 2.75) is 23.6 Å². The average molecular weight is 212 g/mol. The van der Waals surface area contributed by atoms with Crippen LogP contribution in [0, 0.1) is 0 Å². The minimum atomic E-state index is -1.89. The van der Waals surface area contributed by atoms with Gasteiger partial charge in [0.2, 0.25) is 0 Å². The molecule has 0 heterocycles. The fraction of sp³-hybridized carbons (Fsp3) is 0.833. The second-order valence-corrected chi connectivity index (χ2v) is 3.11. The number of hydrogen-bond acceptors (Lipinski definition) is 6. The largest absolute Gasteiger partial charge is 0.479 e. The molecular weight excluding hydrogens is 200 g/mol. The monoisotopic (exact) mass is 212 g/mol. The summed E-state index contributed by atoms with van der Waals surface area (Å²) in [4.78, 5) is 10.2. The first kappa shape index (κ1) is 12.7. The average Bonchev–Trinajstić information content (AvgIpc) is 2.12. The second kappa shape index (κ2) is 5.40. The van der Waals surface area contributed by atoms with Gasteiger partial charge < -0.3 is 25.5 Å². The number of hydrogen-bond donors (Lipinski definition) is 6. The van der Waals surface area contributed by atoms with Gasteiger partial charge in [0, 0.05) is 0 Å². The molecule has 0 saturated carbocycles. The molecule has 0 aliphatic carbocycles. The lowest BCUT2D eigenvalue weighted by Gasteiger charge is -2.23. The summed E-state index contributed by atoms with van der Waals surface area (Å²) in [6, 6.07) is 0. The molecule has 0 aromatic carbocycles. The molecule has 0 fully saturated rings. The molecule has 0 aromatic heterocycles. The minimum absolute atomic E-state index is 0.732. The van der Waals surface area contributed by atoms with Crippen LogP contribution in [0.1, 0.15) is 0 Å². The molecule has 0 saturated heterocycles. The van der Waals surface area contributed by atoms with Gasteiger partial charge in [-0.3, -0.25) is 0 Å². The summed E-state index contributed by atoms with van der Waals surface area (Å²) in [5.41, 5.74) is 0. The van der Waals surface area contributed by atoms with Crippen molar-refractivity contribution in [2.24, 2.45) is 0 Å². The van der Waals surface area contributed by atoms with Crippen molar-refractivity contribution in [3.63, 3.8) is 0 Å². The van der Waals surface area contributed by atoms with Crippen LogP contribution in [-0.4, -0.2) is 61.7 Å². The van der Waals surface area contributed by atoms with Crippen LogP contribution in [0.4, 0.5) is 0 Å². The van der Waals surface area contributed by atoms with Gasteiger partial charge >= 0.3 is 5.97 Å². The van der Waals surface area contributed by atoms with E-state index < -0.39 is 36.1 Å². The van der Waals surface area contributed by atoms with E-state index in [2.05, 4.69) is 12.6 Å². The number of thiol groups is 1. The molecule has 0 spiro atoms. The smallest absolute Gasteiger partial charge is 0.333 e. The van der Waals surface area contributed by atoms with Gasteiger partial charge in [-0.2, -0.15) is 12.6 Å². The summed E-state index contributed by atoms with van der Waals surface area (Å²) >= 11 is 3.60. The predicted octanol–water partition coefficient (Wildman–Crippen LogP) is -2.56. The first-order valence-corrected chi connectivity index (χ1v) is 3.99. The van der Waals surface area contributed by atoms with Crippen LogP contribution >= 0.6 is 12.6 Å². The van der Waals surface area contributed by atoms with Crippen LogP contribution in [0.25, 0.3) is 0 Å². The molecule has 0 bridgehead atoms. The third-order valence-corrected chi connectivity index (χ3v) is 2.10. The molecule has 13 heavy (non-hydrogen) atoms. The van der Waals surface area contributed by atoms with Crippen LogP contribution < -0.4 is 0 Å². The van der Waals surface area contributed by atoms with Crippen molar-refractivity contribution in [2.75, 3.05) is 6.61 Å². The highest BCUT2D eigenvalue weighted by Gasteiger charge is 2.32. The van der Waals surface area contributed by atoms with Gasteiger partial charge in [0.1, 0.15) is 6.10 Å². The zero-order chi connectivity index (χ0) is 10.6. The Hall–Kier alpha value is -0.340. The highest BCUT2D eigenvalue weighted by Crippen LogP contribution is 2.11. The Balaban J connectivity index is 4.24. The van der Waals surface area contributed by atoms with Crippen LogP contribution in [0.2, 0.25) is 0 Å². The third-order valence-electron chi connectivity index (χ3n) is 1.51. The van der Waals surface area contributed by atoms with E-state index in [0.717, 1.165) is 0 Å².